The van der Waals surface area contributed by atoms with Crippen LogP contribution in [0.3, 0.4) is 0 Å². The monoisotopic (exact) mass is 692 g/mol. The van der Waals surface area contributed by atoms with Crippen LogP contribution in [-0.4, -0.2) is 4.57 Å². The van der Waals surface area contributed by atoms with E-state index in [0.29, 0.717) is 0 Å². The van der Waals surface area contributed by atoms with Gasteiger partial charge in [-0.05, 0) is 120 Å². The van der Waals surface area contributed by atoms with Gasteiger partial charge in [0.05, 0.1) is 11.0 Å². The number of nitrogens with zero attached hydrogens (tertiary/aromatic N) is 2. The lowest BCUT2D eigenvalue weighted by Gasteiger charge is -2.28. The van der Waals surface area contributed by atoms with Crippen LogP contribution < -0.4 is 4.90 Å². The average Bonchev–Trinajstić information content (AvgIpc) is 3.84. The van der Waals surface area contributed by atoms with Crippen molar-refractivity contribution >= 4 is 60.6 Å². The number of hydrogen-bond donors (Lipinski definition) is 0. The Morgan fingerprint density at radius 1 is 0.481 bits per heavy atom. The van der Waals surface area contributed by atoms with Gasteiger partial charge < -0.3 is 13.9 Å². The molecular weight excluding hydrogens is 657 g/mol. The minimum Gasteiger partial charge on any atom is -0.459 e. The Morgan fingerprint density at radius 3 is 1.98 bits per heavy atom. The molecule has 0 aliphatic heterocycles. The number of benzene rings is 8. The fraction of sp³-hybridized carbons (Fsp3) is 0.0588. The third kappa shape index (κ3) is 4.55. The Hall–Kier alpha value is -6.84. The predicted molar refractivity (Wildman–Crippen MR) is 226 cm³/mol. The molecular formula is C51H36N2O. The van der Waals surface area contributed by atoms with Gasteiger partial charge >= 0.3 is 0 Å². The zero-order valence-corrected chi connectivity index (χ0v) is 30.1. The second kappa shape index (κ2) is 11.6. The fourth-order valence-corrected chi connectivity index (χ4v) is 8.86. The Labute approximate surface area is 314 Å². The zero-order chi connectivity index (χ0) is 36.0. The highest BCUT2D eigenvalue weighted by Crippen LogP contribution is 2.54. The second-order valence-corrected chi connectivity index (χ2v) is 15.0. The van der Waals surface area contributed by atoms with E-state index in [1.165, 1.54) is 71.5 Å². The Kier molecular flexibility index (Phi) is 6.60. The van der Waals surface area contributed by atoms with Crippen molar-refractivity contribution in [3.05, 3.63) is 193 Å². The lowest BCUT2D eigenvalue weighted by atomic mass is 9.85. The number of aromatic nitrogens is 1. The van der Waals surface area contributed by atoms with Crippen molar-refractivity contribution in [1.82, 2.24) is 4.57 Å². The standard InChI is InChI=1S/C51H36N2O/c1-51(2)45-32-40(27-28-42(45)49-43-17-9-11-19-48(43)54-50(49)51)52(39-26-22-33-12-6-7-13-35(33)30-39)38-24-20-34(21-25-38)36-23-29-47-44(31-36)41-16-8-10-18-46(41)53(47)37-14-4-3-5-15-37/h3-32H,1-2H3. The third-order valence-corrected chi connectivity index (χ3v) is 11.5. The van der Waals surface area contributed by atoms with Crippen molar-refractivity contribution in [2.24, 2.45) is 0 Å². The van der Waals surface area contributed by atoms with Crippen LogP contribution in [0.25, 0.3) is 71.5 Å². The Bertz CT molecular complexity index is 3070. The van der Waals surface area contributed by atoms with Crippen molar-refractivity contribution in [2.75, 3.05) is 4.90 Å². The molecule has 0 amide bonds. The molecule has 0 fully saturated rings. The third-order valence-electron chi connectivity index (χ3n) is 11.5. The van der Waals surface area contributed by atoms with Crippen molar-refractivity contribution in [3.8, 4) is 27.9 Å². The molecule has 0 saturated carbocycles. The van der Waals surface area contributed by atoms with Gasteiger partial charge in [-0.15, -0.1) is 0 Å². The molecule has 0 N–H and O–H groups in total. The van der Waals surface area contributed by atoms with Crippen LogP contribution in [-0.2, 0) is 5.41 Å². The predicted octanol–water partition coefficient (Wildman–Crippen LogP) is 14.1. The molecule has 3 heteroatoms. The number of furan rings is 1. The van der Waals surface area contributed by atoms with E-state index < -0.39 is 0 Å². The first-order valence-electron chi connectivity index (χ1n) is 18.7. The van der Waals surface area contributed by atoms with E-state index in [1.807, 2.05) is 6.07 Å². The number of rotatable bonds is 5. The summed E-state index contributed by atoms with van der Waals surface area (Å²) in [6, 6.07) is 66.0. The maximum Gasteiger partial charge on any atom is 0.134 e. The Morgan fingerprint density at radius 2 is 1.13 bits per heavy atom. The summed E-state index contributed by atoms with van der Waals surface area (Å²) in [5, 5.41) is 6.13. The Balaban J connectivity index is 1.03. The molecule has 1 aliphatic rings. The van der Waals surface area contributed by atoms with E-state index in [1.54, 1.807) is 0 Å². The van der Waals surface area contributed by atoms with Gasteiger partial charge in [0, 0.05) is 49.9 Å². The number of fused-ring (bicyclic) bond motifs is 9. The largest absolute Gasteiger partial charge is 0.459 e. The summed E-state index contributed by atoms with van der Waals surface area (Å²) in [7, 11) is 0. The summed E-state index contributed by atoms with van der Waals surface area (Å²) in [5.41, 5.74) is 13.7. The van der Waals surface area contributed by atoms with E-state index in [4.69, 9.17) is 4.42 Å². The molecule has 0 spiro atoms. The summed E-state index contributed by atoms with van der Waals surface area (Å²) in [5.74, 6) is 1.04. The first-order chi connectivity index (χ1) is 26.5. The number of hydrogen-bond acceptors (Lipinski definition) is 2. The van der Waals surface area contributed by atoms with Crippen molar-refractivity contribution in [3.63, 3.8) is 0 Å². The van der Waals surface area contributed by atoms with Crippen molar-refractivity contribution in [1.29, 1.82) is 0 Å². The molecule has 0 bridgehead atoms. The molecule has 0 unspecified atom stereocenters. The highest BCUT2D eigenvalue weighted by molar-refractivity contribution is 6.10. The first-order valence-corrected chi connectivity index (χ1v) is 18.7. The van der Waals surface area contributed by atoms with Crippen LogP contribution in [0.15, 0.2) is 186 Å². The minimum absolute atomic E-state index is 0.277. The fourth-order valence-electron chi connectivity index (χ4n) is 8.86. The molecule has 10 aromatic rings. The minimum atomic E-state index is -0.277. The van der Waals surface area contributed by atoms with Gasteiger partial charge in [0.15, 0.2) is 0 Å². The maximum atomic E-state index is 6.54. The summed E-state index contributed by atoms with van der Waals surface area (Å²) in [6.07, 6.45) is 0. The van der Waals surface area contributed by atoms with Crippen LogP contribution >= 0.6 is 0 Å². The quantitative estimate of drug-likeness (QED) is 0.179. The van der Waals surface area contributed by atoms with Crippen LogP contribution in [0, 0.1) is 0 Å². The van der Waals surface area contributed by atoms with Gasteiger partial charge in [-0.1, -0.05) is 109 Å². The van der Waals surface area contributed by atoms with Gasteiger partial charge in [0.1, 0.15) is 11.3 Å². The van der Waals surface area contributed by atoms with E-state index in [0.717, 1.165) is 28.4 Å². The average molecular weight is 693 g/mol. The molecule has 54 heavy (non-hydrogen) atoms. The van der Waals surface area contributed by atoms with E-state index in [-0.39, 0.29) is 5.41 Å². The van der Waals surface area contributed by atoms with Gasteiger partial charge in [0.25, 0.3) is 0 Å². The molecule has 11 rings (SSSR count). The van der Waals surface area contributed by atoms with E-state index in [2.05, 4.69) is 199 Å². The summed E-state index contributed by atoms with van der Waals surface area (Å²) in [4.78, 5) is 2.39. The molecule has 3 nitrogen and oxygen atoms in total. The first kappa shape index (κ1) is 30.8. The van der Waals surface area contributed by atoms with Crippen molar-refractivity contribution < 1.29 is 4.42 Å². The topological polar surface area (TPSA) is 21.3 Å². The molecule has 2 aromatic heterocycles. The van der Waals surface area contributed by atoms with Gasteiger partial charge in [-0.2, -0.15) is 0 Å². The van der Waals surface area contributed by atoms with Crippen LogP contribution in [0.1, 0.15) is 25.2 Å². The normalized spacial score (nSPS) is 13.1. The summed E-state index contributed by atoms with van der Waals surface area (Å²) in [6.45, 7) is 4.57. The van der Waals surface area contributed by atoms with E-state index >= 15 is 0 Å². The van der Waals surface area contributed by atoms with Gasteiger partial charge in [-0.25, -0.2) is 0 Å². The molecule has 1 aliphatic carbocycles. The molecule has 0 saturated heterocycles. The lowest BCUT2D eigenvalue weighted by Crippen LogP contribution is -2.16. The molecule has 0 atom stereocenters. The zero-order valence-electron chi connectivity index (χ0n) is 30.1. The lowest BCUT2D eigenvalue weighted by molar-refractivity contribution is 0.465. The molecule has 2 heterocycles. The summed E-state index contributed by atoms with van der Waals surface area (Å²) >= 11 is 0. The maximum absolute atomic E-state index is 6.54. The molecule has 8 aromatic carbocycles. The van der Waals surface area contributed by atoms with Crippen molar-refractivity contribution in [2.45, 2.75) is 19.3 Å². The van der Waals surface area contributed by atoms with Gasteiger partial charge in [0.2, 0.25) is 0 Å². The number of para-hydroxylation sites is 3. The van der Waals surface area contributed by atoms with Crippen LogP contribution in [0.2, 0.25) is 0 Å². The summed E-state index contributed by atoms with van der Waals surface area (Å²) < 4.78 is 8.91. The molecule has 0 radical (unpaired) electrons. The molecule has 256 valence electrons. The second-order valence-electron chi connectivity index (χ2n) is 15.0. The highest BCUT2D eigenvalue weighted by Gasteiger charge is 2.41. The number of anilines is 3. The smallest absolute Gasteiger partial charge is 0.134 e. The van der Waals surface area contributed by atoms with Gasteiger partial charge in [-0.3, -0.25) is 0 Å². The van der Waals surface area contributed by atoms with Crippen LogP contribution in [0.4, 0.5) is 17.1 Å². The SMILES string of the molecule is CC1(C)c2cc(N(c3ccc(-c4ccc5c(c4)c4ccccc4n5-c4ccccc4)cc3)c3ccc4ccccc4c3)ccc2-c2c1oc1ccccc21. The van der Waals surface area contributed by atoms with Crippen LogP contribution in [0.5, 0.6) is 0 Å². The van der Waals surface area contributed by atoms with E-state index in [9.17, 15) is 0 Å². The highest BCUT2D eigenvalue weighted by atomic mass is 16.3.